The first-order valence-electron chi connectivity index (χ1n) is 7.18. The van der Waals surface area contributed by atoms with Crippen LogP contribution in [0.4, 0.5) is 0 Å². The fraction of sp³-hybridized carbons (Fsp3) is 0.333. The summed E-state index contributed by atoms with van der Waals surface area (Å²) in [5.74, 6) is 0.907. The maximum Gasteiger partial charge on any atom is 0.248 e. The Hall–Kier alpha value is -2.06. The minimum absolute atomic E-state index is 0.0570. The lowest BCUT2D eigenvalue weighted by Gasteiger charge is -2.10. The molecule has 0 radical (unpaired) electrons. The second-order valence-corrected chi connectivity index (χ2v) is 6.94. The first-order valence-corrected chi connectivity index (χ1v) is 9.00. The largest absolute Gasteiger partial charge is 0.421 e. The molecule has 1 N–H and O–H groups in total. The molecule has 3 rings (SSSR count). The van der Waals surface area contributed by atoms with Crippen molar-refractivity contribution < 1.29 is 9.21 Å². The number of nitrogens with zero attached hydrogens (tertiary/aromatic N) is 3. The molecule has 3 heterocycles. The lowest BCUT2D eigenvalue weighted by atomic mass is 10.2. The van der Waals surface area contributed by atoms with Crippen molar-refractivity contribution in [2.45, 2.75) is 32.7 Å². The van der Waals surface area contributed by atoms with Crippen molar-refractivity contribution in [3.05, 3.63) is 38.8 Å². The van der Waals surface area contributed by atoms with Gasteiger partial charge >= 0.3 is 0 Å². The number of aryl methyl sites for hydroxylation is 2. The molecule has 0 fully saturated rings. The molecule has 0 bridgehead atoms. The van der Waals surface area contributed by atoms with Gasteiger partial charge in [-0.1, -0.05) is 0 Å². The first kappa shape index (κ1) is 15.8. The van der Waals surface area contributed by atoms with Crippen molar-refractivity contribution in [1.82, 2.24) is 20.5 Å². The second-order valence-electron chi connectivity index (χ2n) is 5.09. The molecule has 3 aromatic heterocycles. The van der Waals surface area contributed by atoms with Crippen LogP contribution >= 0.6 is 22.7 Å². The maximum atomic E-state index is 12.0. The molecule has 8 heteroatoms. The van der Waals surface area contributed by atoms with E-state index in [1.807, 2.05) is 36.1 Å². The highest BCUT2D eigenvalue weighted by atomic mass is 32.1. The lowest BCUT2D eigenvalue weighted by Crippen LogP contribution is -2.27. The Labute approximate surface area is 141 Å². The maximum absolute atomic E-state index is 12.0. The van der Waals surface area contributed by atoms with E-state index >= 15 is 0 Å². The van der Waals surface area contributed by atoms with E-state index < -0.39 is 0 Å². The van der Waals surface area contributed by atoms with Crippen molar-refractivity contribution >= 4 is 28.6 Å². The summed E-state index contributed by atoms with van der Waals surface area (Å²) in [5, 5.41) is 17.8. The second kappa shape index (κ2) is 7.01. The number of rotatable bonds is 6. The van der Waals surface area contributed by atoms with Crippen LogP contribution < -0.4 is 5.32 Å². The van der Waals surface area contributed by atoms with Gasteiger partial charge in [-0.05, 0) is 25.3 Å². The van der Waals surface area contributed by atoms with E-state index in [1.54, 1.807) is 22.7 Å². The number of amides is 1. The molecule has 0 aliphatic carbocycles. The molecule has 0 aliphatic heterocycles. The number of carbonyl (C=O) groups is 1. The van der Waals surface area contributed by atoms with Crippen molar-refractivity contribution in [1.29, 1.82) is 0 Å². The van der Waals surface area contributed by atoms with Crippen LogP contribution in [-0.4, -0.2) is 21.1 Å². The molecule has 1 atom stereocenters. The molecule has 6 nitrogen and oxygen atoms in total. The highest BCUT2D eigenvalue weighted by Gasteiger charge is 2.14. The summed E-state index contributed by atoms with van der Waals surface area (Å²) >= 11 is 3.15. The molecule has 0 saturated carbocycles. The summed E-state index contributed by atoms with van der Waals surface area (Å²) in [6.45, 7) is 3.87. The number of carbonyl (C=O) groups excluding carboxylic acids is 1. The average Bonchev–Trinajstić information content (AvgIpc) is 3.26. The zero-order valence-corrected chi connectivity index (χ0v) is 14.4. The fourth-order valence-corrected chi connectivity index (χ4v) is 3.38. The van der Waals surface area contributed by atoms with Gasteiger partial charge in [0.1, 0.15) is 0 Å². The third-order valence-corrected chi connectivity index (χ3v) is 4.73. The van der Waals surface area contributed by atoms with Gasteiger partial charge < -0.3 is 9.73 Å². The van der Waals surface area contributed by atoms with Crippen molar-refractivity contribution in [3.8, 4) is 11.5 Å². The molecule has 120 valence electrons. The molecular formula is C15H16N4O2S2. The zero-order chi connectivity index (χ0) is 16.2. The first-order chi connectivity index (χ1) is 11.1. The Kier molecular flexibility index (Phi) is 4.82. The Bertz CT molecular complexity index is 779. The molecular weight excluding hydrogens is 332 g/mol. The van der Waals surface area contributed by atoms with Gasteiger partial charge in [-0.15, -0.1) is 21.5 Å². The smallest absolute Gasteiger partial charge is 0.248 e. The molecule has 0 saturated heterocycles. The molecule has 0 aliphatic rings. The number of hydrogen-bond donors (Lipinski definition) is 1. The van der Waals surface area contributed by atoms with E-state index in [-0.39, 0.29) is 11.9 Å². The SMILES string of the molecule is Cc1nc([C@H](C)NC(=O)CCc2nnc(-c3ccsc3)o2)cs1. The summed E-state index contributed by atoms with van der Waals surface area (Å²) in [6, 6.07) is 1.82. The fourth-order valence-electron chi connectivity index (χ4n) is 2.04. The van der Waals surface area contributed by atoms with Crippen LogP contribution in [-0.2, 0) is 11.2 Å². The Morgan fingerprint density at radius 2 is 2.26 bits per heavy atom. The van der Waals surface area contributed by atoms with Crippen LogP contribution in [0.25, 0.3) is 11.5 Å². The van der Waals surface area contributed by atoms with E-state index in [2.05, 4.69) is 20.5 Å². The van der Waals surface area contributed by atoms with Crippen LogP contribution in [0.5, 0.6) is 0 Å². The summed E-state index contributed by atoms with van der Waals surface area (Å²) in [6.07, 6.45) is 0.727. The molecule has 0 aromatic carbocycles. The Morgan fingerprint density at radius 3 is 2.96 bits per heavy atom. The Morgan fingerprint density at radius 1 is 1.39 bits per heavy atom. The van der Waals surface area contributed by atoms with Crippen LogP contribution in [0.3, 0.4) is 0 Å². The van der Waals surface area contributed by atoms with E-state index in [0.717, 1.165) is 16.3 Å². The number of hydrogen-bond acceptors (Lipinski definition) is 7. The number of thiophene rings is 1. The van der Waals surface area contributed by atoms with E-state index in [9.17, 15) is 4.79 Å². The van der Waals surface area contributed by atoms with E-state index in [0.29, 0.717) is 24.6 Å². The molecule has 0 unspecified atom stereocenters. The van der Waals surface area contributed by atoms with Gasteiger partial charge in [0.2, 0.25) is 17.7 Å². The predicted octanol–water partition coefficient (Wildman–Crippen LogP) is 3.37. The van der Waals surface area contributed by atoms with Crippen molar-refractivity contribution in [3.63, 3.8) is 0 Å². The predicted molar refractivity (Wildman–Crippen MR) is 89.3 cm³/mol. The highest BCUT2D eigenvalue weighted by Crippen LogP contribution is 2.21. The topological polar surface area (TPSA) is 80.9 Å². The van der Waals surface area contributed by atoms with Crippen LogP contribution in [0, 0.1) is 6.92 Å². The van der Waals surface area contributed by atoms with E-state index in [1.165, 1.54) is 0 Å². The van der Waals surface area contributed by atoms with Crippen molar-refractivity contribution in [2.24, 2.45) is 0 Å². The number of nitrogens with one attached hydrogen (secondary N) is 1. The van der Waals surface area contributed by atoms with Gasteiger partial charge in [-0.25, -0.2) is 4.98 Å². The number of aromatic nitrogens is 3. The molecule has 0 spiro atoms. The molecule has 23 heavy (non-hydrogen) atoms. The van der Waals surface area contributed by atoms with Gasteiger partial charge in [0, 0.05) is 29.2 Å². The standard InChI is InChI=1S/C15H16N4O2S2/c1-9(12-8-23-10(2)17-12)16-13(20)3-4-14-18-19-15(21-14)11-5-6-22-7-11/h5-9H,3-4H2,1-2H3,(H,16,20)/t9-/m0/s1. The molecule has 1 amide bonds. The zero-order valence-electron chi connectivity index (χ0n) is 12.8. The van der Waals surface area contributed by atoms with Gasteiger partial charge in [-0.2, -0.15) is 11.3 Å². The lowest BCUT2D eigenvalue weighted by molar-refractivity contribution is -0.121. The van der Waals surface area contributed by atoms with Crippen LogP contribution in [0.15, 0.2) is 26.6 Å². The Balaban J connectivity index is 1.51. The molecule has 3 aromatic rings. The normalized spacial score (nSPS) is 12.3. The quantitative estimate of drug-likeness (QED) is 0.738. The van der Waals surface area contributed by atoms with Gasteiger partial charge in [-0.3, -0.25) is 4.79 Å². The monoisotopic (exact) mass is 348 g/mol. The van der Waals surface area contributed by atoms with Gasteiger partial charge in [0.15, 0.2) is 0 Å². The van der Waals surface area contributed by atoms with Crippen molar-refractivity contribution in [2.75, 3.05) is 0 Å². The van der Waals surface area contributed by atoms with Gasteiger partial charge in [0.25, 0.3) is 0 Å². The van der Waals surface area contributed by atoms with Crippen LogP contribution in [0.2, 0.25) is 0 Å². The summed E-state index contributed by atoms with van der Waals surface area (Å²) < 4.78 is 5.57. The van der Waals surface area contributed by atoms with E-state index in [4.69, 9.17) is 4.42 Å². The third-order valence-electron chi connectivity index (χ3n) is 3.26. The minimum Gasteiger partial charge on any atom is -0.421 e. The third kappa shape index (κ3) is 4.02. The summed E-state index contributed by atoms with van der Waals surface area (Å²) in [4.78, 5) is 16.4. The van der Waals surface area contributed by atoms with Gasteiger partial charge in [0.05, 0.1) is 16.7 Å². The summed E-state index contributed by atoms with van der Waals surface area (Å²) in [5.41, 5.74) is 1.80. The highest BCUT2D eigenvalue weighted by molar-refractivity contribution is 7.09. The van der Waals surface area contributed by atoms with Crippen LogP contribution in [0.1, 0.15) is 36.0 Å². The average molecular weight is 348 g/mol. The minimum atomic E-state index is -0.100. The number of thiazole rings is 1. The summed E-state index contributed by atoms with van der Waals surface area (Å²) in [7, 11) is 0.